The molecule has 0 atom stereocenters. The van der Waals surface area contributed by atoms with Gasteiger partial charge in [-0.25, -0.2) is 4.79 Å². The van der Waals surface area contributed by atoms with Gasteiger partial charge < -0.3 is 19.2 Å². The topological polar surface area (TPSA) is 115 Å². The fourth-order valence-electron chi connectivity index (χ4n) is 3.31. The number of anilines is 1. The zero-order valence-electron chi connectivity index (χ0n) is 19.1. The van der Waals surface area contributed by atoms with Crippen LogP contribution in [0.5, 0.6) is 5.75 Å². The maximum Gasteiger partial charge on any atom is 0.339 e. The molecule has 4 rings (SSSR count). The molecule has 0 unspecified atom stereocenters. The number of benzene rings is 2. The molecule has 1 aliphatic rings. The van der Waals surface area contributed by atoms with Crippen LogP contribution in [0.25, 0.3) is 17.4 Å². The van der Waals surface area contributed by atoms with Crippen LogP contribution >= 0.6 is 23.4 Å². The van der Waals surface area contributed by atoms with Crippen molar-refractivity contribution in [2.24, 2.45) is 0 Å². The summed E-state index contributed by atoms with van der Waals surface area (Å²) in [5.74, 6) is -0.349. The Balaban J connectivity index is 1.45. The zero-order valence-corrected chi connectivity index (χ0v) is 20.6. The molecule has 2 aromatic carbocycles. The fraction of sp³-hybridized carbons (Fsp3) is 0.120. The van der Waals surface area contributed by atoms with Gasteiger partial charge in [-0.2, -0.15) is 0 Å². The van der Waals surface area contributed by atoms with Gasteiger partial charge in [0.1, 0.15) is 23.8 Å². The summed E-state index contributed by atoms with van der Waals surface area (Å²) in [6, 6.07) is 14.7. The van der Waals surface area contributed by atoms with E-state index in [1.807, 2.05) is 0 Å². The molecule has 2 heterocycles. The van der Waals surface area contributed by atoms with Crippen LogP contribution in [0.1, 0.15) is 16.1 Å². The molecule has 0 radical (unpaired) electrons. The van der Waals surface area contributed by atoms with Crippen LogP contribution in [-0.4, -0.2) is 48.7 Å². The summed E-state index contributed by atoms with van der Waals surface area (Å²) < 4.78 is 15.6. The van der Waals surface area contributed by atoms with Crippen LogP contribution in [-0.2, 0) is 14.3 Å². The van der Waals surface area contributed by atoms with Crippen LogP contribution in [0.4, 0.5) is 10.5 Å². The third-order valence-electron chi connectivity index (χ3n) is 5.11. The molecule has 3 amide bonds. The fourth-order valence-corrected chi connectivity index (χ4v) is 4.33. The smallest absolute Gasteiger partial charge is 0.339 e. The number of hydrogen-bond acceptors (Lipinski definition) is 8. The summed E-state index contributed by atoms with van der Waals surface area (Å²) >= 11 is 6.77. The Kier molecular flexibility index (Phi) is 7.47. The summed E-state index contributed by atoms with van der Waals surface area (Å²) in [7, 11) is 2.79. The first-order chi connectivity index (χ1) is 17.3. The number of rotatable bonds is 7. The first kappa shape index (κ1) is 25.1. The lowest BCUT2D eigenvalue weighted by atomic mass is 10.1. The van der Waals surface area contributed by atoms with Crippen LogP contribution in [0.15, 0.2) is 63.9 Å². The summed E-state index contributed by atoms with van der Waals surface area (Å²) in [5.41, 5.74) is 1.26. The lowest BCUT2D eigenvalue weighted by molar-refractivity contribution is -0.127. The van der Waals surface area contributed by atoms with Crippen LogP contribution in [0.2, 0.25) is 5.02 Å². The number of nitrogens with zero attached hydrogens (tertiary/aromatic N) is 1. The largest absolute Gasteiger partial charge is 0.497 e. The normalized spacial score (nSPS) is 14.3. The lowest BCUT2D eigenvalue weighted by Gasteiger charge is -2.12. The molecule has 184 valence electrons. The number of esters is 1. The number of furan rings is 1. The number of imide groups is 1. The Hall–Kier alpha value is -4.02. The van der Waals surface area contributed by atoms with Gasteiger partial charge in [0, 0.05) is 17.3 Å². The highest BCUT2D eigenvalue weighted by Crippen LogP contribution is 2.34. The van der Waals surface area contributed by atoms with Gasteiger partial charge in [0.15, 0.2) is 0 Å². The Morgan fingerprint density at radius 3 is 2.53 bits per heavy atom. The van der Waals surface area contributed by atoms with Gasteiger partial charge in [0.05, 0.1) is 29.7 Å². The molecule has 0 saturated carbocycles. The Labute approximate surface area is 215 Å². The van der Waals surface area contributed by atoms with E-state index in [0.717, 1.165) is 4.90 Å². The third kappa shape index (κ3) is 5.45. The number of carbonyl (C=O) groups is 4. The minimum Gasteiger partial charge on any atom is -0.497 e. The standard InChI is InChI=1S/C25H19ClN2O7S/c1-33-16-6-4-15(5-7-16)27-22(29)13-28-23(30)21(36-25(28)32)12-17-8-10-20(35-17)14-3-9-19(26)18(11-14)24(31)34-2/h3-12H,13H2,1-2H3,(H,27,29)/b21-12+. The molecule has 0 bridgehead atoms. The van der Waals surface area contributed by atoms with Gasteiger partial charge in [-0.05, 0) is 66.4 Å². The Morgan fingerprint density at radius 2 is 1.83 bits per heavy atom. The number of halogens is 1. The van der Waals surface area contributed by atoms with Crippen LogP contribution in [0.3, 0.4) is 0 Å². The minimum atomic E-state index is -0.604. The minimum absolute atomic E-state index is 0.115. The highest BCUT2D eigenvalue weighted by molar-refractivity contribution is 8.18. The predicted octanol–water partition coefficient (Wildman–Crippen LogP) is 5.07. The number of ether oxygens (including phenoxy) is 2. The van der Waals surface area contributed by atoms with Crippen LogP contribution in [0, 0.1) is 0 Å². The van der Waals surface area contributed by atoms with Crippen molar-refractivity contribution < 1.29 is 33.1 Å². The first-order valence-electron chi connectivity index (χ1n) is 10.5. The molecule has 1 aliphatic heterocycles. The monoisotopic (exact) mass is 526 g/mol. The van der Waals surface area contributed by atoms with E-state index in [-0.39, 0.29) is 15.5 Å². The van der Waals surface area contributed by atoms with E-state index in [0.29, 0.717) is 40.3 Å². The van der Waals surface area contributed by atoms with Crippen molar-refractivity contribution in [2.45, 2.75) is 0 Å². The van der Waals surface area contributed by atoms with E-state index in [1.54, 1.807) is 48.5 Å². The van der Waals surface area contributed by atoms with E-state index >= 15 is 0 Å². The molecule has 9 nitrogen and oxygen atoms in total. The molecule has 1 saturated heterocycles. The molecule has 0 aliphatic carbocycles. The average Bonchev–Trinajstić information content (AvgIpc) is 3.44. The van der Waals surface area contributed by atoms with Crippen molar-refractivity contribution >= 4 is 58.1 Å². The van der Waals surface area contributed by atoms with Gasteiger partial charge >= 0.3 is 5.97 Å². The molecular weight excluding hydrogens is 508 g/mol. The van der Waals surface area contributed by atoms with Gasteiger partial charge in [-0.15, -0.1) is 0 Å². The SMILES string of the molecule is COC(=O)c1cc(-c2ccc(/C=C3/SC(=O)N(CC(=O)Nc4ccc(OC)cc4)C3=O)o2)ccc1Cl. The molecule has 1 fully saturated rings. The summed E-state index contributed by atoms with van der Waals surface area (Å²) in [6.07, 6.45) is 1.42. The summed E-state index contributed by atoms with van der Waals surface area (Å²) in [6.45, 7) is -0.432. The van der Waals surface area contributed by atoms with Crippen molar-refractivity contribution in [2.75, 3.05) is 26.1 Å². The van der Waals surface area contributed by atoms with Crippen molar-refractivity contribution in [3.63, 3.8) is 0 Å². The van der Waals surface area contributed by atoms with Gasteiger partial charge in [-0.3, -0.25) is 19.3 Å². The van der Waals surface area contributed by atoms with Crippen molar-refractivity contribution in [3.05, 3.63) is 75.8 Å². The van der Waals surface area contributed by atoms with E-state index in [4.69, 9.17) is 25.5 Å². The molecule has 1 aromatic heterocycles. The van der Waals surface area contributed by atoms with E-state index in [1.165, 1.54) is 26.4 Å². The second-order valence-corrected chi connectivity index (χ2v) is 8.83. The van der Waals surface area contributed by atoms with Crippen molar-refractivity contribution in [1.29, 1.82) is 0 Å². The zero-order chi connectivity index (χ0) is 25.8. The second-order valence-electron chi connectivity index (χ2n) is 7.43. The van der Waals surface area contributed by atoms with E-state index in [9.17, 15) is 19.2 Å². The van der Waals surface area contributed by atoms with Gasteiger partial charge in [0.25, 0.3) is 11.1 Å². The Bertz CT molecular complexity index is 1380. The maximum absolute atomic E-state index is 12.8. The molecule has 36 heavy (non-hydrogen) atoms. The first-order valence-corrected chi connectivity index (χ1v) is 11.7. The molecular formula is C25H19ClN2O7S. The molecule has 0 spiro atoms. The lowest BCUT2D eigenvalue weighted by Crippen LogP contribution is -2.36. The van der Waals surface area contributed by atoms with Gasteiger partial charge in [-0.1, -0.05) is 11.6 Å². The van der Waals surface area contributed by atoms with Crippen molar-refractivity contribution in [1.82, 2.24) is 4.90 Å². The average molecular weight is 527 g/mol. The number of methoxy groups -OCH3 is 2. The number of carbonyl (C=O) groups excluding carboxylic acids is 4. The third-order valence-corrected chi connectivity index (χ3v) is 6.34. The maximum atomic E-state index is 12.8. The van der Waals surface area contributed by atoms with E-state index in [2.05, 4.69) is 5.32 Å². The van der Waals surface area contributed by atoms with Crippen LogP contribution < -0.4 is 10.1 Å². The summed E-state index contributed by atoms with van der Waals surface area (Å²) in [5, 5.41) is 2.31. The molecule has 11 heteroatoms. The van der Waals surface area contributed by atoms with Crippen molar-refractivity contribution in [3.8, 4) is 17.1 Å². The van der Waals surface area contributed by atoms with E-state index < -0.39 is 29.6 Å². The quantitative estimate of drug-likeness (QED) is 0.335. The second kappa shape index (κ2) is 10.7. The van der Waals surface area contributed by atoms with Gasteiger partial charge in [0.2, 0.25) is 5.91 Å². The predicted molar refractivity (Wildman–Crippen MR) is 135 cm³/mol. The number of amides is 3. The Morgan fingerprint density at radius 1 is 1.08 bits per heavy atom. The highest BCUT2D eigenvalue weighted by Gasteiger charge is 2.36. The number of nitrogens with one attached hydrogen (secondary N) is 1. The highest BCUT2D eigenvalue weighted by atomic mass is 35.5. The molecule has 1 N–H and O–H groups in total. The summed E-state index contributed by atoms with van der Waals surface area (Å²) in [4.78, 5) is 50.4. The number of hydrogen-bond donors (Lipinski definition) is 1. The number of thioether (sulfide) groups is 1. The molecule has 3 aromatic rings.